The van der Waals surface area contributed by atoms with Crippen molar-refractivity contribution in [3.63, 3.8) is 0 Å². The van der Waals surface area contributed by atoms with Crippen molar-refractivity contribution in [1.82, 2.24) is 25.0 Å². The van der Waals surface area contributed by atoms with Crippen molar-refractivity contribution in [3.8, 4) is 5.75 Å². The number of rotatable bonds is 7. The molecule has 2 aromatic heterocycles. The van der Waals surface area contributed by atoms with Crippen LogP contribution in [-0.2, 0) is 0 Å². The Kier molecular flexibility index (Phi) is 6.08. The van der Waals surface area contributed by atoms with Crippen LogP contribution in [0.15, 0.2) is 42.7 Å². The summed E-state index contributed by atoms with van der Waals surface area (Å²) in [5.41, 5.74) is 2.65. The molecule has 0 spiro atoms. The highest BCUT2D eigenvalue weighted by molar-refractivity contribution is 5.96. The summed E-state index contributed by atoms with van der Waals surface area (Å²) >= 11 is 0. The summed E-state index contributed by atoms with van der Waals surface area (Å²) < 4.78 is 7.34. The quantitative estimate of drug-likeness (QED) is 0.607. The molecule has 5 rings (SSSR count). The lowest BCUT2D eigenvalue weighted by atomic mass is 10.0. The molecular weight excluding hydrogens is 402 g/mol. The first kappa shape index (κ1) is 20.9. The fourth-order valence-corrected chi connectivity index (χ4v) is 5.11. The Morgan fingerprint density at radius 1 is 1.12 bits per heavy atom. The average molecular weight is 434 g/mol. The molecule has 3 heterocycles. The van der Waals surface area contributed by atoms with Crippen molar-refractivity contribution in [2.45, 2.75) is 50.6 Å². The van der Waals surface area contributed by atoms with Crippen LogP contribution in [-0.4, -0.2) is 52.3 Å². The van der Waals surface area contributed by atoms with Crippen LogP contribution in [0, 0.1) is 0 Å². The van der Waals surface area contributed by atoms with E-state index in [1.165, 1.54) is 31.2 Å². The molecule has 1 aliphatic carbocycles. The van der Waals surface area contributed by atoms with Crippen molar-refractivity contribution < 1.29 is 9.53 Å². The molecule has 0 bridgehead atoms. The van der Waals surface area contributed by atoms with Gasteiger partial charge in [0.2, 0.25) is 0 Å². The maximum Gasteiger partial charge on any atom is 0.252 e. The van der Waals surface area contributed by atoms with Gasteiger partial charge < -0.3 is 10.1 Å². The number of hydrogen-bond acceptors (Lipinski definition) is 5. The molecule has 1 aromatic carbocycles. The van der Waals surface area contributed by atoms with Crippen LogP contribution in [0.1, 0.15) is 66.5 Å². The van der Waals surface area contributed by atoms with Crippen LogP contribution < -0.4 is 10.1 Å². The van der Waals surface area contributed by atoms with E-state index in [-0.39, 0.29) is 11.9 Å². The summed E-state index contributed by atoms with van der Waals surface area (Å²) in [6, 6.07) is 10.7. The fraction of sp³-hybridized carbons (Fsp3) is 0.480. The van der Waals surface area contributed by atoms with Gasteiger partial charge in [0.25, 0.3) is 5.91 Å². The highest BCUT2D eigenvalue weighted by Crippen LogP contribution is 2.31. The van der Waals surface area contributed by atoms with E-state index in [0.29, 0.717) is 18.2 Å². The van der Waals surface area contributed by atoms with Crippen LogP contribution in [0.25, 0.3) is 11.0 Å². The predicted molar refractivity (Wildman–Crippen MR) is 124 cm³/mol. The molecule has 7 nitrogen and oxygen atoms in total. The van der Waals surface area contributed by atoms with Crippen LogP contribution >= 0.6 is 0 Å². The lowest BCUT2D eigenvalue weighted by Crippen LogP contribution is -2.36. The third kappa shape index (κ3) is 4.21. The van der Waals surface area contributed by atoms with E-state index in [1.807, 2.05) is 29.1 Å². The summed E-state index contributed by atoms with van der Waals surface area (Å²) in [5, 5.41) is 8.64. The Morgan fingerprint density at radius 3 is 2.59 bits per heavy atom. The number of ether oxygens (including phenoxy) is 1. The largest absolute Gasteiger partial charge is 0.497 e. The number of carbonyl (C=O) groups excluding carboxylic acids is 1. The number of fused-ring (bicyclic) bond motifs is 1. The van der Waals surface area contributed by atoms with E-state index < -0.39 is 0 Å². The molecule has 3 aromatic rings. The average Bonchev–Trinajstić information content (AvgIpc) is 3.60. The number of methoxy groups -OCH3 is 1. The summed E-state index contributed by atoms with van der Waals surface area (Å²) in [4.78, 5) is 20.0. The summed E-state index contributed by atoms with van der Waals surface area (Å²) in [5.74, 6) is 0.751. The molecule has 2 aliphatic rings. The van der Waals surface area contributed by atoms with Crippen molar-refractivity contribution in [1.29, 1.82) is 0 Å². The lowest BCUT2D eigenvalue weighted by molar-refractivity contribution is 0.0937. The Labute approximate surface area is 188 Å². The molecule has 1 N–H and O–H groups in total. The number of hydrogen-bond donors (Lipinski definition) is 1. The highest BCUT2D eigenvalue weighted by atomic mass is 16.5. The van der Waals surface area contributed by atoms with Gasteiger partial charge in [0.15, 0.2) is 5.65 Å². The highest BCUT2D eigenvalue weighted by Gasteiger charge is 2.25. The fourth-order valence-electron chi connectivity index (χ4n) is 5.11. The Morgan fingerprint density at radius 2 is 1.88 bits per heavy atom. The Balaban J connectivity index is 1.30. The second-order valence-corrected chi connectivity index (χ2v) is 8.91. The van der Waals surface area contributed by atoms with Gasteiger partial charge in [-0.3, -0.25) is 9.69 Å². The minimum atomic E-state index is -0.0919. The van der Waals surface area contributed by atoms with Crippen LogP contribution in [0.4, 0.5) is 0 Å². The maximum absolute atomic E-state index is 13.0. The van der Waals surface area contributed by atoms with Gasteiger partial charge in [-0.1, -0.05) is 25.0 Å². The molecule has 1 atom stereocenters. The number of likely N-dealkylation sites (tertiary alicyclic amines) is 1. The minimum Gasteiger partial charge on any atom is -0.497 e. The normalized spacial score (nSPS) is 18.3. The topological polar surface area (TPSA) is 72.3 Å². The molecule has 168 valence electrons. The second kappa shape index (κ2) is 9.28. The van der Waals surface area contributed by atoms with Gasteiger partial charge in [-0.25, -0.2) is 9.67 Å². The zero-order chi connectivity index (χ0) is 21.9. The number of nitrogens with zero attached hydrogens (tertiary/aromatic N) is 4. The number of nitrogens with one attached hydrogen (secondary N) is 1. The van der Waals surface area contributed by atoms with Crippen LogP contribution in [0.3, 0.4) is 0 Å². The summed E-state index contributed by atoms with van der Waals surface area (Å²) in [6.45, 7) is 2.67. The third-order valence-electron chi connectivity index (χ3n) is 6.90. The van der Waals surface area contributed by atoms with Gasteiger partial charge in [0.05, 0.1) is 31.0 Å². The molecule has 1 aliphatic heterocycles. The van der Waals surface area contributed by atoms with Gasteiger partial charge in [-0.05, 0) is 62.5 Å². The monoisotopic (exact) mass is 433 g/mol. The SMILES string of the molecule is COc1ccc(C(CNC(=O)c2cnc3c(cnn3C3CCCC3)c2)N2CCCC2)cc1. The van der Waals surface area contributed by atoms with E-state index in [2.05, 4.69) is 32.4 Å². The molecule has 1 unspecified atom stereocenters. The van der Waals surface area contributed by atoms with Gasteiger partial charge in [0.1, 0.15) is 5.75 Å². The summed E-state index contributed by atoms with van der Waals surface area (Å²) in [7, 11) is 1.68. The van der Waals surface area contributed by atoms with Crippen molar-refractivity contribution in [3.05, 3.63) is 53.9 Å². The van der Waals surface area contributed by atoms with Crippen molar-refractivity contribution in [2.75, 3.05) is 26.7 Å². The zero-order valence-corrected chi connectivity index (χ0v) is 18.7. The Bertz CT molecular complexity index is 1070. The van der Waals surface area contributed by atoms with Gasteiger partial charge >= 0.3 is 0 Å². The van der Waals surface area contributed by atoms with Crippen molar-refractivity contribution in [2.24, 2.45) is 0 Å². The molecule has 1 saturated heterocycles. The third-order valence-corrected chi connectivity index (χ3v) is 6.90. The standard InChI is InChI=1S/C25H31N5O2/c1-32-22-10-8-18(9-11-22)23(29-12-4-5-13-29)17-27-25(31)20-14-19-16-28-30(24(19)26-15-20)21-6-2-3-7-21/h8-11,14-16,21,23H,2-7,12-13,17H2,1H3,(H,27,31). The molecule has 32 heavy (non-hydrogen) atoms. The molecular formula is C25H31N5O2. The van der Waals surface area contributed by atoms with Crippen LogP contribution in [0.2, 0.25) is 0 Å². The molecule has 7 heteroatoms. The number of pyridine rings is 1. The first-order chi connectivity index (χ1) is 15.7. The van der Waals surface area contributed by atoms with E-state index >= 15 is 0 Å². The second-order valence-electron chi connectivity index (χ2n) is 8.91. The van der Waals surface area contributed by atoms with Crippen molar-refractivity contribution >= 4 is 16.9 Å². The molecule has 2 fully saturated rings. The number of benzene rings is 1. The maximum atomic E-state index is 13.0. The number of carbonyl (C=O) groups is 1. The van der Waals surface area contributed by atoms with Gasteiger partial charge in [-0.2, -0.15) is 5.10 Å². The first-order valence-corrected chi connectivity index (χ1v) is 11.7. The lowest BCUT2D eigenvalue weighted by Gasteiger charge is -2.28. The van der Waals surface area contributed by atoms with E-state index in [4.69, 9.17) is 4.74 Å². The zero-order valence-electron chi connectivity index (χ0n) is 18.7. The van der Waals surface area contributed by atoms with Gasteiger partial charge in [-0.15, -0.1) is 0 Å². The number of amides is 1. The number of aromatic nitrogens is 3. The minimum absolute atomic E-state index is 0.0919. The van der Waals surface area contributed by atoms with E-state index in [9.17, 15) is 4.79 Å². The molecule has 1 saturated carbocycles. The first-order valence-electron chi connectivity index (χ1n) is 11.7. The smallest absolute Gasteiger partial charge is 0.252 e. The Hall–Kier alpha value is -2.93. The van der Waals surface area contributed by atoms with E-state index in [0.717, 1.165) is 42.7 Å². The summed E-state index contributed by atoms with van der Waals surface area (Å²) in [6.07, 6.45) is 10.7. The van der Waals surface area contributed by atoms with Gasteiger partial charge in [0, 0.05) is 18.1 Å². The van der Waals surface area contributed by atoms with Crippen LogP contribution in [0.5, 0.6) is 5.75 Å². The predicted octanol–water partition coefficient (Wildman–Crippen LogP) is 4.12. The van der Waals surface area contributed by atoms with E-state index in [1.54, 1.807) is 13.3 Å². The molecule has 0 radical (unpaired) electrons. The molecule has 1 amide bonds.